The summed E-state index contributed by atoms with van der Waals surface area (Å²) in [4.78, 5) is 29.9. The van der Waals surface area contributed by atoms with E-state index in [1.165, 1.54) is 17.3 Å². The number of ether oxygens (including phenoxy) is 3. The van der Waals surface area contributed by atoms with Crippen LogP contribution in [-0.2, 0) is 15.7 Å². The molecule has 8 nitrogen and oxygen atoms in total. The van der Waals surface area contributed by atoms with Crippen LogP contribution in [0.25, 0.3) is 10.2 Å². The largest absolute Gasteiger partial charge is 0.522 e. The number of piperidine rings is 1. The van der Waals surface area contributed by atoms with Crippen molar-refractivity contribution in [1.82, 2.24) is 15.2 Å². The molecule has 1 aliphatic rings. The Bertz CT molecular complexity index is 1090. The Morgan fingerprint density at radius 2 is 1.94 bits per heavy atom. The van der Waals surface area contributed by atoms with E-state index in [9.17, 15) is 35.9 Å². The summed E-state index contributed by atoms with van der Waals surface area (Å²) >= 11 is 0.754. The van der Waals surface area contributed by atoms with Crippen molar-refractivity contribution < 1.29 is 50.1 Å². The van der Waals surface area contributed by atoms with Gasteiger partial charge in [0.15, 0.2) is 0 Å². The summed E-state index contributed by atoms with van der Waals surface area (Å²) in [7, 11) is 1.35. The van der Waals surface area contributed by atoms with E-state index in [0.717, 1.165) is 17.4 Å². The van der Waals surface area contributed by atoms with Crippen molar-refractivity contribution in [3.8, 4) is 5.88 Å². The Labute approximate surface area is 205 Å². The predicted octanol–water partition coefficient (Wildman–Crippen LogP) is 4.97. The number of carbonyl (C=O) groups excluding carboxylic acids is 2. The van der Waals surface area contributed by atoms with Gasteiger partial charge in [0.25, 0.3) is 5.91 Å². The number of amides is 2. The molecule has 15 heteroatoms. The highest BCUT2D eigenvalue weighted by Crippen LogP contribution is 2.40. The van der Waals surface area contributed by atoms with E-state index in [0.29, 0.717) is 6.42 Å². The lowest BCUT2D eigenvalue weighted by atomic mass is 9.98. The van der Waals surface area contributed by atoms with Gasteiger partial charge in [-0.1, -0.05) is 6.92 Å². The molecule has 1 saturated heterocycles. The number of halogens is 6. The van der Waals surface area contributed by atoms with E-state index in [4.69, 9.17) is 9.47 Å². The molecule has 3 heterocycles. The smallest absolute Gasteiger partial charge is 0.474 e. The van der Waals surface area contributed by atoms with Gasteiger partial charge in [0, 0.05) is 43.9 Å². The summed E-state index contributed by atoms with van der Waals surface area (Å²) in [6, 6.07) is 0.363. The molecule has 1 aliphatic heterocycles. The van der Waals surface area contributed by atoms with Gasteiger partial charge in [-0.15, -0.1) is 24.5 Å². The monoisotopic (exact) mass is 543 g/mol. The molecular weight excluding hydrogens is 520 g/mol. The van der Waals surface area contributed by atoms with Gasteiger partial charge in [0.2, 0.25) is 5.88 Å². The molecule has 2 atom stereocenters. The van der Waals surface area contributed by atoms with Crippen LogP contribution in [-0.4, -0.2) is 67.2 Å². The molecule has 0 unspecified atom stereocenters. The second-order valence-corrected chi connectivity index (χ2v) is 8.72. The molecule has 1 N–H and O–H groups in total. The lowest BCUT2D eigenvalue weighted by Crippen LogP contribution is -2.49. The summed E-state index contributed by atoms with van der Waals surface area (Å²) in [5, 5.41) is 3.66. The SMILES string of the molecule is CC[C@@H]1C[C@@H](Oc2cc(C(F)(F)F)c3scc(C(=O)NC)c3n2)CCN1C(=O)OCCOC(F)(F)F. The number of aromatic nitrogens is 1. The first kappa shape index (κ1) is 27.8. The van der Waals surface area contributed by atoms with Gasteiger partial charge >= 0.3 is 18.6 Å². The van der Waals surface area contributed by atoms with Gasteiger partial charge in [-0.3, -0.25) is 9.53 Å². The molecule has 2 aromatic heterocycles. The maximum absolute atomic E-state index is 13.7. The Balaban J connectivity index is 1.72. The summed E-state index contributed by atoms with van der Waals surface area (Å²) in [6.07, 6.45) is -10.1. The fourth-order valence-electron chi connectivity index (χ4n) is 3.84. The number of thiophene rings is 1. The Kier molecular flexibility index (Phi) is 8.54. The van der Waals surface area contributed by atoms with E-state index in [1.54, 1.807) is 6.92 Å². The lowest BCUT2D eigenvalue weighted by molar-refractivity contribution is -0.326. The Morgan fingerprint density at radius 1 is 1.22 bits per heavy atom. The molecule has 0 spiro atoms. The number of carbonyl (C=O) groups is 2. The minimum absolute atomic E-state index is 0.00745. The fourth-order valence-corrected chi connectivity index (χ4v) is 4.86. The van der Waals surface area contributed by atoms with Crippen molar-refractivity contribution in [3.63, 3.8) is 0 Å². The maximum Gasteiger partial charge on any atom is 0.522 e. The molecule has 0 bridgehead atoms. The van der Waals surface area contributed by atoms with Crippen molar-refractivity contribution in [3.05, 3.63) is 22.6 Å². The van der Waals surface area contributed by atoms with E-state index < -0.39 is 55.5 Å². The van der Waals surface area contributed by atoms with Crippen LogP contribution >= 0.6 is 11.3 Å². The first-order valence-corrected chi connectivity index (χ1v) is 11.7. The van der Waals surface area contributed by atoms with Crippen LogP contribution in [0.15, 0.2) is 11.4 Å². The average molecular weight is 543 g/mol. The average Bonchev–Trinajstić information content (AvgIpc) is 3.23. The Morgan fingerprint density at radius 3 is 2.56 bits per heavy atom. The van der Waals surface area contributed by atoms with Crippen LogP contribution in [0, 0.1) is 0 Å². The molecule has 0 radical (unpaired) electrons. The van der Waals surface area contributed by atoms with Crippen LogP contribution in [0.2, 0.25) is 0 Å². The summed E-state index contributed by atoms with van der Waals surface area (Å²) < 4.78 is 91.2. The van der Waals surface area contributed by atoms with Crippen LogP contribution in [0.4, 0.5) is 31.1 Å². The van der Waals surface area contributed by atoms with Crippen LogP contribution in [0.3, 0.4) is 0 Å². The first-order valence-electron chi connectivity index (χ1n) is 10.9. The highest BCUT2D eigenvalue weighted by atomic mass is 32.1. The minimum atomic E-state index is -4.83. The van der Waals surface area contributed by atoms with E-state index >= 15 is 0 Å². The topological polar surface area (TPSA) is 90.0 Å². The van der Waals surface area contributed by atoms with E-state index in [1.807, 2.05) is 0 Å². The quantitative estimate of drug-likeness (QED) is 0.392. The zero-order chi connectivity index (χ0) is 26.7. The number of nitrogens with zero attached hydrogens (tertiary/aromatic N) is 2. The number of fused-ring (bicyclic) bond motifs is 1. The van der Waals surface area contributed by atoms with Gasteiger partial charge in [-0.05, 0) is 6.42 Å². The second kappa shape index (κ2) is 11.1. The normalized spacial score (nSPS) is 18.8. The maximum atomic E-state index is 13.7. The third kappa shape index (κ3) is 6.69. The third-order valence-corrected chi connectivity index (χ3v) is 6.51. The number of nitrogens with one attached hydrogen (secondary N) is 1. The molecular formula is C21H23F6N3O5S. The predicted molar refractivity (Wildman–Crippen MR) is 116 cm³/mol. The highest BCUT2D eigenvalue weighted by Gasteiger charge is 2.37. The summed E-state index contributed by atoms with van der Waals surface area (Å²) in [6.45, 7) is 0.442. The van der Waals surface area contributed by atoms with Crippen LogP contribution in [0.5, 0.6) is 5.88 Å². The number of alkyl halides is 6. The molecule has 1 fully saturated rings. The van der Waals surface area contributed by atoms with Crippen molar-refractivity contribution in [2.45, 2.75) is 50.9 Å². The molecule has 0 aromatic carbocycles. The van der Waals surface area contributed by atoms with Gasteiger partial charge in [0.05, 0.1) is 28.0 Å². The standard InChI is InChI=1S/C21H23F6N3O5S/c1-3-11-8-12(4-5-30(11)19(32)33-6-7-34-21(25,26)27)35-15-9-14(20(22,23)24)17-16(29-15)13(10-36-17)18(31)28-2/h9-12H,3-8H2,1-2H3,(H,28,31)/t11-,12+/m1/s1. The summed E-state index contributed by atoms with van der Waals surface area (Å²) in [5.74, 6) is -0.893. The molecule has 36 heavy (non-hydrogen) atoms. The van der Waals surface area contributed by atoms with Crippen molar-refractivity contribution in [2.24, 2.45) is 0 Å². The highest BCUT2D eigenvalue weighted by molar-refractivity contribution is 7.17. The number of pyridine rings is 1. The molecule has 3 rings (SSSR count). The van der Waals surface area contributed by atoms with E-state index in [-0.39, 0.29) is 41.0 Å². The van der Waals surface area contributed by atoms with Crippen molar-refractivity contribution in [1.29, 1.82) is 0 Å². The fraction of sp³-hybridized carbons (Fsp3) is 0.571. The number of hydrogen-bond acceptors (Lipinski definition) is 7. The van der Waals surface area contributed by atoms with Crippen LogP contribution < -0.4 is 10.1 Å². The van der Waals surface area contributed by atoms with Gasteiger partial charge in [0.1, 0.15) is 12.7 Å². The lowest BCUT2D eigenvalue weighted by Gasteiger charge is -2.38. The summed E-state index contributed by atoms with van der Waals surface area (Å²) in [5.41, 5.74) is -1.11. The third-order valence-electron chi connectivity index (χ3n) is 5.51. The van der Waals surface area contributed by atoms with Crippen molar-refractivity contribution in [2.75, 3.05) is 26.8 Å². The zero-order valence-electron chi connectivity index (χ0n) is 19.2. The minimum Gasteiger partial charge on any atom is -0.474 e. The number of likely N-dealkylation sites (tertiary alicyclic amines) is 1. The number of rotatable bonds is 7. The Hall–Kier alpha value is -2.81. The van der Waals surface area contributed by atoms with Gasteiger partial charge in [-0.2, -0.15) is 13.2 Å². The molecule has 0 saturated carbocycles. The zero-order valence-corrected chi connectivity index (χ0v) is 20.0. The molecule has 2 aromatic rings. The van der Waals surface area contributed by atoms with Gasteiger partial charge in [-0.25, -0.2) is 9.78 Å². The molecule has 2 amide bonds. The van der Waals surface area contributed by atoms with Gasteiger partial charge < -0.3 is 19.7 Å². The first-order chi connectivity index (χ1) is 16.8. The second-order valence-electron chi connectivity index (χ2n) is 7.84. The molecule has 200 valence electrons. The van der Waals surface area contributed by atoms with Crippen molar-refractivity contribution >= 4 is 33.6 Å². The molecule has 0 aliphatic carbocycles. The van der Waals surface area contributed by atoms with E-state index in [2.05, 4.69) is 15.0 Å². The van der Waals surface area contributed by atoms with Crippen LogP contribution in [0.1, 0.15) is 42.1 Å². The number of hydrogen-bond donors (Lipinski definition) is 1.